The minimum atomic E-state index is -4.11. The Morgan fingerprint density at radius 3 is 2.27 bits per heavy atom. The van der Waals surface area contributed by atoms with Gasteiger partial charge in [-0.2, -0.15) is 4.31 Å². The molecule has 3 rings (SSSR count). The van der Waals surface area contributed by atoms with E-state index in [1.807, 2.05) is 44.2 Å². The van der Waals surface area contributed by atoms with Crippen molar-refractivity contribution in [1.29, 1.82) is 0 Å². The Kier molecular flexibility index (Phi) is 12.0. The van der Waals surface area contributed by atoms with Crippen LogP contribution in [0.4, 0.5) is 0 Å². The molecular formula is C29H42ClN3O8S2Si. The summed E-state index contributed by atoms with van der Waals surface area (Å²) in [6.45, 7) is 6.70. The zero-order valence-corrected chi connectivity index (χ0v) is 29.4. The van der Waals surface area contributed by atoms with Crippen molar-refractivity contribution in [1.82, 2.24) is 14.9 Å². The van der Waals surface area contributed by atoms with E-state index >= 15 is 0 Å². The lowest BCUT2D eigenvalue weighted by molar-refractivity contribution is -0.129. The van der Waals surface area contributed by atoms with Gasteiger partial charge in [-0.1, -0.05) is 53.1 Å². The van der Waals surface area contributed by atoms with Crippen molar-refractivity contribution in [2.24, 2.45) is 5.92 Å². The molecule has 0 saturated carbocycles. The highest BCUT2D eigenvalue weighted by molar-refractivity contribution is 8.05. The molecule has 0 aliphatic carbocycles. The van der Waals surface area contributed by atoms with E-state index in [0.29, 0.717) is 11.5 Å². The van der Waals surface area contributed by atoms with Crippen LogP contribution in [-0.2, 0) is 35.0 Å². The number of alkyl halides is 1. The van der Waals surface area contributed by atoms with E-state index in [-0.39, 0.29) is 37.1 Å². The third kappa shape index (κ3) is 8.82. The van der Waals surface area contributed by atoms with Gasteiger partial charge in [0.05, 0.1) is 21.8 Å². The number of benzene rings is 2. The maximum Gasteiger partial charge on any atom is 0.244 e. The van der Waals surface area contributed by atoms with Crippen molar-refractivity contribution in [2.75, 3.05) is 32.0 Å². The summed E-state index contributed by atoms with van der Waals surface area (Å²) in [5, 5.41) is 17.0. The fraction of sp³-hybridized carbons (Fsp3) is 0.517. The van der Waals surface area contributed by atoms with Crippen molar-refractivity contribution >= 4 is 51.3 Å². The maximum absolute atomic E-state index is 13.9. The summed E-state index contributed by atoms with van der Waals surface area (Å²) in [5.74, 6) is -1.05. The first-order valence-corrected chi connectivity index (χ1v) is 19.9. The monoisotopic (exact) mass is 687 g/mol. The van der Waals surface area contributed by atoms with Gasteiger partial charge in [-0.3, -0.25) is 13.8 Å². The maximum atomic E-state index is 13.9. The van der Waals surface area contributed by atoms with Crippen LogP contribution in [0.3, 0.4) is 0 Å². The van der Waals surface area contributed by atoms with Crippen LogP contribution in [0.15, 0.2) is 53.4 Å². The molecule has 0 radical (unpaired) electrons. The lowest BCUT2D eigenvalue weighted by Gasteiger charge is -2.37. The molecule has 44 heavy (non-hydrogen) atoms. The molecule has 2 aromatic carbocycles. The average molecular weight is 688 g/mol. The Balaban J connectivity index is 1.97. The summed E-state index contributed by atoms with van der Waals surface area (Å²) in [6, 6.07) is 11.2. The summed E-state index contributed by atoms with van der Waals surface area (Å²) in [6.07, 6.45) is 0.294. The van der Waals surface area contributed by atoms with Gasteiger partial charge < -0.3 is 25.2 Å². The number of nitrogens with zero attached hydrogens (tertiary/aromatic N) is 1. The van der Waals surface area contributed by atoms with E-state index in [9.17, 15) is 27.3 Å². The Bertz CT molecular complexity index is 1540. The van der Waals surface area contributed by atoms with Gasteiger partial charge in [0.15, 0.2) is 11.5 Å². The second-order valence-corrected chi connectivity index (χ2v) is 20.4. The number of rotatable bonds is 15. The number of hydrogen-bond donors (Lipinski definition) is 3. The molecule has 1 aliphatic rings. The number of amides is 2. The smallest absolute Gasteiger partial charge is 0.244 e. The second-order valence-electron chi connectivity index (χ2n) is 11.8. The number of aliphatic hydroxyl groups is 1. The van der Waals surface area contributed by atoms with Gasteiger partial charge in [0.1, 0.15) is 11.9 Å². The number of aliphatic hydroxyl groups excluding tert-OH is 1. The molecular weight excluding hydrogens is 646 g/mol. The molecule has 0 spiro atoms. The Morgan fingerprint density at radius 1 is 1.05 bits per heavy atom. The minimum absolute atomic E-state index is 0.0112. The van der Waals surface area contributed by atoms with E-state index in [2.05, 4.69) is 10.6 Å². The third-order valence-corrected chi connectivity index (χ3v) is 14.3. The van der Waals surface area contributed by atoms with Crippen molar-refractivity contribution in [2.45, 2.75) is 61.9 Å². The van der Waals surface area contributed by atoms with Crippen LogP contribution in [0.5, 0.6) is 11.5 Å². The topological polar surface area (TPSA) is 151 Å². The zero-order valence-electron chi connectivity index (χ0n) is 25.6. The van der Waals surface area contributed by atoms with Crippen LogP contribution in [0.25, 0.3) is 0 Å². The quantitative estimate of drug-likeness (QED) is 0.186. The summed E-state index contributed by atoms with van der Waals surface area (Å²) in [5.41, 5.74) is 0.780. The number of sulfonamides is 1. The SMILES string of the molecule is CC(C)CN(C[C@@H](O)[C@H](Cc1ccccc1)NC(=O)[C@@H](NC(=O)CCl)C(C)(C)S(C)(=O)=[SiH2])S(=O)(=O)c1ccc2c(c1)OCO2. The largest absolute Gasteiger partial charge is 0.454 e. The second kappa shape index (κ2) is 14.7. The van der Waals surface area contributed by atoms with Gasteiger partial charge in [0.25, 0.3) is 0 Å². The molecule has 0 saturated heterocycles. The van der Waals surface area contributed by atoms with Gasteiger partial charge in [-0.25, -0.2) is 8.42 Å². The van der Waals surface area contributed by atoms with Crippen molar-refractivity contribution in [3.05, 3.63) is 54.1 Å². The number of halogens is 1. The molecule has 1 heterocycles. The summed E-state index contributed by atoms with van der Waals surface area (Å²) < 4.78 is 51.6. The lowest BCUT2D eigenvalue weighted by Crippen LogP contribution is -2.63. The molecule has 1 unspecified atom stereocenters. The highest BCUT2D eigenvalue weighted by atomic mass is 35.5. The average Bonchev–Trinajstić information content (AvgIpc) is 3.42. The number of fused-ring (bicyclic) bond motifs is 1. The molecule has 244 valence electrons. The third-order valence-electron chi connectivity index (χ3n) is 7.53. The van der Waals surface area contributed by atoms with E-state index in [4.69, 9.17) is 21.1 Å². The van der Waals surface area contributed by atoms with E-state index < -0.39 is 59.6 Å². The standard InChI is InChI=1S/C29H42ClN3O8S2Si/c1-19(2)16-33(43(38,39)21-11-12-24-25(14-21)41-18-40-24)17-23(34)22(13-20-9-7-6-8-10-20)31-28(36)27(32-26(35)15-30)29(3,4)42(5,37)44/h6-12,14,19,22-23,27,34H,13,15-18,44H2,1-5H3,(H,31,36)(H,32,35)/t22-,23+,27+,42?/m0/s1. The van der Waals surface area contributed by atoms with Crippen LogP contribution in [-0.4, -0.2) is 97.8 Å². The number of carbonyl (C=O) groups is 2. The number of nitrogens with one attached hydrogen (secondary N) is 2. The molecule has 0 aromatic heterocycles. The minimum Gasteiger partial charge on any atom is -0.454 e. The fourth-order valence-electron chi connectivity index (χ4n) is 4.62. The van der Waals surface area contributed by atoms with Gasteiger partial charge in [0, 0.05) is 28.1 Å². The molecule has 4 atom stereocenters. The number of carbonyl (C=O) groups excluding carboxylic acids is 2. The van der Waals surface area contributed by atoms with Crippen LogP contribution in [0.2, 0.25) is 0 Å². The van der Waals surface area contributed by atoms with Crippen LogP contribution < -0.4 is 20.1 Å². The van der Waals surface area contributed by atoms with E-state index in [1.54, 1.807) is 13.8 Å². The predicted molar refractivity (Wildman–Crippen MR) is 174 cm³/mol. The normalized spacial score (nSPS) is 16.7. The number of ether oxygens (including phenoxy) is 2. The molecule has 15 heteroatoms. The van der Waals surface area contributed by atoms with Crippen LogP contribution in [0.1, 0.15) is 33.3 Å². The Morgan fingerprint density at radius 2 is 1.68 bits per heavy atom. The number of hydrogen-bond acceptors (Lipinski definition) is 8. The van der Waals surface area contributed by atoms with Crippen LogP contribution >= 0.6 is 11.6 Å². The van der Waals surface area contributed by atoms with E-state index in [0.717, 1.165) is 5.56 Å². The van der Waals surface area contributed by atoms with Crippen molar-refractivity contribution in [3.63, 3.8) is 0 Å². The molecule has 1 aliphatic heterocycles. The molecule has 3 N–H and O–H groups in total. The molecule has 11 nitrogen and oxygen atoms in total. The zero-order chi connectivity index (χ0) is 32.9. The molecule has 2 amide bonds. The van der Waals surface area contributed by atoms with Gasteiger partial charge in [-0.05, 0) is 50.1 Å². The first-order valence-electron chi connectivity index (χ1n) is 14.1. The summed E-state index contributed by atoms with van der Waals surface area (Å²) in [7, 11) is -5.47. The Labute approximate surface area is 267 Å². The highest BCUT2D eigenvalue weighted by Gasteiger charge is 2.42. The first-order chi connectivity index (χ1) is 20.5. The van der Waals surface area contributed by atoms with Gasteiger partial charge in [-0.15, -0.1) is 11.6 Å². The van der Waals surface area contributed by atoms with Crippen molar-refractivity contribution < 1.29 is 36.8 Å². The Hall–Kier alpha value is -2.49. The van der Waals surface area contributed by atoms with Gasteiger partial charge >= 0.3 is 0 Å². The fourth-order valence-corrected chi connectivity index (χ4v) is 7.50. The van der Waals surface area contributed by atoms with Gasteiger partial charge in [0.2, 0.25) is 28.6 Å². The first kappa shape index (κ1) is 36.0. The molecule has 0 bridgehead atoms. The lowest BCUT2D eigenvalue weighted by atomic mass is 9.98. The molecule has 0 fully saturated rings. The van der Waals surface area contributed by atoms with Crippen LogP contribution in [0, 0.1) is 5.92 Å². The highest BCUT2D eigenvalue weighted by Crippen LogP contribution is 2.35. The predicted octanol–water partition coefficient (Wildman–Crippen LogP) is 1.11. The summed E-state index contributed by atoms with van der Waals surface area (Å²) in [4.78, 5) is 26.1. The molecule has 2 aromatic rings. The summed E-state index contributed by atoms with van der Waals surface area (Å²) >= 11 is 5.72. The van der Waals surface area contributed by atoms with E-state index in [1.165, 1.54) is 37.7 Å². The van der Waals surface area contributed by atoms with Crippen molar-refractivity contribution in [3.8, 4) is 11.5 Å².